The van der Waals surface area contributed by atoms with Crippen LogP contribution in [0.3, 0.4) is 0 Å². The van der Waals surface area contributed by atoms with Crippen LogP contribution in [-0.2, 0) is 59.0 Å². The molecule has 13 atom stereocenters. The number of rotatable bonds is 15. The Morgan fingerprint density at radius 1 is 0.885 bits per heavy atom. The zero-order chi connectivity index (χ0) is 58.5. The topological polar surface area (TPSA) is 271 Å². The lowest BCUT2D eigenvalue weighted by atomic mass is 9.91. The van der Waals surface area contributed by atoms with Crippen LogP contribution in [0.25, 0.3) is 0 Å². The second-order valence-corrected chi connectivity index (χ2v) is 23.0. The van der Waals surface area contributed by atoms with Crippen molar-refractivity contribution < 1.29 is 67.6 Å². The Morgan fingerprint density at radius 3 is 2.10 bits per heavy atom. The van der Waals surface area contributed by atoms with Crippen LogP contribution in [0.5, 0.6) is 5.75 Å². The van der Waals surface area contributed by atoms with E-state index in [9.17, 15) is 48.6 Å². The molecule has 0 spiro atoms. The van der Waals surface area contributed by atoms with Gasteiger partial charge >= 0.3 is 5.97 Å². The molecule has 3 saturated heterocycles. The number of nitrogens with zero attached hydrogens (tertiary/aromatic N) is 4. The summed E-state index contributed by atoms with van der Waals surface area (Å²) in [6.45, 7) is 18.9. The number of carbonyl (C=O) groups is 9. The van der Waals surface area contributed by atoms with Gasteiger partial charge in [0, 0.05) is 27.2 Å². The van der Waals surface area contributed by atoms with Gasteiger partial charge in [0.2, 0.25) is 35.4 Å². The molecular weight excluding hydrogens is 1010 g/mol. The summed E-state index contributed by atoms with van der Waals surface area (Å²) in [5.74, 6) is -8.14. The number of ether oxygens (including phenoxy) is 3. The number of nitrogens with one attached hydrogen (secondary N) is 3. The van der Waals surface area contributed by atoms with E-state index >= 15 is 4.79 Å². The van der Waals surface area contributed by atoms with E-state index in [1.807, 2.05) is 46.8 Å². The highest BCUT2D eigenvalue weighted by Crippen LogP contribution is 2.27. The molecule has 3 heterocycles. The summed E-state index contributed by atoms with van der Waals surface area (Å²) in [5.41, 5.74) is 0.795. The Morgan fingerprint density at radius 2 is 1.53 bits per heavy atom. The fourth-order valence-corrected chi connectivity index (χ4v) is 10.6. The lowest BCUT2D eigenvalue weighted by Crippen LogP contribution is -2.62. The van der Waals surface area contributed by atoms with Gasteiger partial charge in [0.25, 0.3) is 5.91 Å². The highest BCUT2D eigenvalue weighted by molar-refractivity contribution is 6.05. The van der Waals surface area contributed by atoms with Gasteiger partial charge in [0.15, 0.2) is 11.9 Å². The number of likely N-dealkylation sites (tertiary alicyclic amines) is 1. The largest absolute Gasteiger partial charge is 0.497 e. The number of esters is 1. The van der Waals surface area contributed by atoms with E-state index in [1.165, 1.54) is 40.5 Å². The van der Waals surface area contributed by atoms with Crippen LogP contribution in [0.2, 0.25) is 0 Å². The van der Waals surface area contributed by atoms with E-state index in [0.717, 1.165) is 5.56 Å². The van der Waals surface area contributed by atoms with Gasteiger partial charge in [0.05, 0.1) is 50.3 Å². The van der Waals surface area contributed by atoms with Crippen molar-refractivity contribution in [2.45, 2.75) is 201 Å². The van der Waals surface area contributed by atoms with E-state index < -0.39 is 144 Å². The van der Waals surface area contributed by atoms with Gasteiger partial charge in [-0.1, -0.05) is 73.9 Å². The predicted molar refractivity (Wildman–Crippen MR) is 290 cm³/mol. The second kappa shape index (κ2) is 29.5. The van der Waals surface area contributed by atoms with Crippen molar-refractivity contribution >= 4 is 53.1 Å². The first-order chi connectivity index (χ1) is 36.6. The zero-order valence-electron chi connectivity index (χ0n) is 48.6. The number of amides is 7. The van der Waals surface area contributed by atoms with Gasteiger partial charge in [-0.3, -0.25) is 43.2 Å². The predicted octanol–water partition coefficient (Wildman–Crippen LogP) is 2.79. The molecule has 3 fully saturated rings. The number of fused-ring (bicyclic) bond motifs is 1. The number of hydrogen-bond acceptors (Lipinski definition) is 14. The van der Waals surface area contributed by atoms with Gasteiger partial charge < -0.3 is 60.0 Å². The van der Waals surface area contributed by atoms with Crippen LogP contribution in [-0.4, -0.2) is 191 Å². The van der Waals surface area contributed by atoms with Gasteiger partial charge in [-0.2, -0.15) is 0 Å². The molecule has 5 N–H and O–H groups in total. The summed E-state index contributed by atoms with van der Waals surface area (Å²) in [4.78, 5) is 134. The molecule has 0 saturated carbocycles. The molecule has 0 aromatic heterocycles. The van der Waals surface area contributed by atoms with E-state index in [4.69, 9.17) is 14.2 Å². The summed E-state index contributed by atoms with van der Waals surface area (Å²) in [6.07, 6.45) is -3.60. The first-order valence-corrected chi connectivity index (χ1v) is 28.0. The quantitative estimate of drug-likeness (QED) is 0.125. The van der Waals surface area contributed by atoms with Crippen molar-refractivity contribution in [1.82, 2.24) is 35.6 Å². The number of methoxy groups -OCH3 is 1. The summed E-state index contributed by atoms with van der Waals surface area (Å²) in [6, 6.07) is -0.305. The van der Waals surface area contributed by atoms with Crippen molar-refractivity contribution in [3.8, 4) is 5.75 Å². The Labute approximate surface area is 461 Å². The number of cyclic esters (lactones) is 1. The number of hydrogen-bond donors (Lipinski definition) is 5. The summed E-state index contributed by atoms with van der Waals surface area (Å²) >= 11 is 0. The van der Waals surface area contributed by atoms with Gasteiger partial charge in [-0.25, -0.2) is 0 Å². The lowest BCUT2D eigenvalue weighted by molar-refractivity contribution is -0.162. The number of aliphatic hydroxyl groups excluding tert-OH is 2. The van der Waals surface area contributed by atoms with Crippen molar-refractivity contribution in [3.05, 3.63) is 29.8 Å². The second-order valence-electron chi connectivity index (χ2n) is 23.0. The SMILES string of the molecule is CC[C@H](C)[C@H]1NC(=O)[C@@H](NC(=O)[C@@H](CC(C)C)N(C)C(=O)[C@@H]2CCCN2C(=O)[C@H](C)O)[C@@H](C)OC[C@H](Cc2ccc(OC)cc2)N(C)C(=O)[C@@H]2CCCN2C(=O)[C@H](CC(C)C)NC(=O)[C@@H](C)C(=O)[C@H](C(C)C)OC(=O)C[C@@H]1O. The Balaban J connectivity index is 1.85. The smallest absolute Gasteiger partial charge is 0.309 e. The first kappa shape index (κ1) is 64.9. The maximum Gasteiger partial charge on any atom is 0.309 e. The average molecular weight is 1100 g/mol. The minimum atomic E-state index is -1.59. The van der Waals surface area contributed by atoms with Crippen molar-refractivity contribution in [2.75, 3.05) is 40.9 Å². The highest BCUT2D eigenvalue weighted by Gasteiger charge is 2.45. The van der Waals surface area contributed by atoms with Crippen molar-refractivity contribution in [2.24, 2.45) is 29.6 Å². The molecule has 0 radical (unpaired) electrons. The van der Waals surface area contributed by atoms with Crippen molar-refractivity contribution in [3.63, 3.8) is 0 Å². The normalized spacial score (nSPS) is 28.0. The van der Waals surface area contributed by atoms with E-state index in [0.29, 0.717) is 37.9 Å². The van der Waals surface area contributed by atoms with Crippen LogP contribution in [0, 0.1) is 29.6 Å². The molecule has 0 aliphatic carbocycles. The summed E-state index contributed by atoms with van der Waals surface area (Å²) in [7, 11) is 4.61. The third-order valence-corrected chi connectivity index (χ3v) is 15.6. The number of ketones is 1. The third kappa shape index (κ3) is 16.9. The molecule has 1 aromatic rings. The summed E-state index contributed by atoms with van der Waals surface area (Å²) < 4.78 is 17.7. The molecular formula is C57H91N7O14. The molecule has 21 heteroatoms. The van der Waals surface area contributed by atoms with Gasteiger partial charge in [0.1, 0.15) is 42.1 Å². The third-order valence-electron chi connectivity index (χ3n) is 15.6. The number of aliphatic hydroxyl groups is 2. The molecule has 0 unspecified atom stereocenters. The van der Waals surface area contributed by atoms with E-state index in [2.05, 4.69) is 16.0 Å². The molecule has 0 bridgehead atoms. The number of carbonyl (C=O) groups excluding carboxylic acids is 9. The maximum atomic E-state index is 15.0. The van der Waals surface area contributed by atoms with Gasteiger partial charge in [-0.05, 0) is 107 Å². The molecule has 7 amide bonds. The molecule has 1 aromatic carbocycles. The Hall–Kier alpha value is -5.67. The van der Waals surface area contributed by atoms with Crippen LogP contribution in [0.4, 0.5) is 0 Å². The van der Waals surface area contributed by atoms with Crippen LogP contribution in [0.1, 0.15) is 133 Å². The molecule has 78 heavy (non-hydrogen) atoms. The Kier molecular flexibility index (Phi) is 24.5. The number of benzene rings is 1. The van der Waals surface area contributed by atoms with E-state index in [1.54, 1.807) is 54.0 Å². The molecule has 438 valence electrons. The number of Topliss-reactive ketones (excluding diaryl/α,β-unsaturated/α-hetero) is 1. The fourth-order valence-electron chi connectivity index (χ4n) is 10.6. The minimum absolute atomic E-state index is 0.0916. The average Bonchev–Trinajstić information content (AvgIpc) is 4.10. The molecule has 3 aliphatic rings. The van der Waals surface area contributed by atoms with Crippen molar-refractivity contribution in [1.29, 1.82) is 0 Å². The van der Waals surface area contributed by atoms with Crippen LogP contribution in [0.15, 0.2) is 24.3 Å². The monoisotopic (exact) mass is 1100 g/mol. The standard InChI is InChI=1S/C57H91N7O14/c1-15-34(8)47-45(66)29-46(67)78-50(33(6)7)49(68)35(9)51(69)58-41(26-31(2)3)55(73)64-25-17-18-42(64)56(74)61(12)39(28-38-20-22-40(76-14)23-21-38)30-77-37(11)48(53(71)59-47)60-52(70)44(27-32(4)5)62(13)57(75)43-19-16-24-63(43)54(72)36(10)65/h20-23,31-37,39,41-45,47-48,50,65-66H,15-19,24-30H2,1-14H3,(H,58,69)(H,59,71)(H,60,70)/t34-,35-,36-,37+,39-,41-,42-,43-,44+,45-,47+,48-,50-/m0/s1. The first-order valence-electron chi connectivity index (χ1n) is 28.0. The molecule has 3 aliphatic heterocycles. The van der Waals surface area contributed by atoms with Crippen LogP contribution < -0.4 is 20.7 Å². The minimum Gasteiger partial charge on any atom is -0.497 e. The lowest BCUT2D eigenvalue weighted by Gasteiger charge is -2.37. The number of likely N-dealkylation sites (N-methyl/N-ethyl adjacent to an activating group) is 2. The van der Waals surface area contributed by atoms with E-state index in [-0.39, 0.29) is 50.8 Å². The molecule has 4 rings (SSSR count). The summed E-state index contributed by atoms with van der Waals surface area (Å²) in [5, 5.41) is 30.5. The Bertz CT molecular complexity index is 2240. The van der Waals surface area contributed by atoms with Gasteiger partial charge in [-0.15, -0.1) is 0 Å². The zero-order valence-corrected chi connectivity index (χ0v) is 48.6. The van der Waals surface area contributed by atoms with Crippen LogP contribution >= 0.6 is 0 Å². The molecule has 21 nitrogen and oxygen atoms in total. The fraction of sp³-hybridized carbons (Fsp3) is 0.737. The highest BCUT2D eigenvalue weighted by atomic mass is 16.5. The maximum absolute atomic E-state index is 15.0.